The number of rotatable bonds is 7. The van der Waals surface area contributed by atoms with E-state index in [0.717, 1.165) is 5.56 Å². The van der Waals surface area contributed by atoms with Crippen LogP contribution in [0.25, 0.3) is 0 Å². The minimum absolute atomic E-state index is 0.0199. The van der Waals surface area contributed by atoms with Crippen LogP contribution in [0, 0.1) is 0 Å². The van der Waals surface area contributed by atoms with Crippen molar-refractivity contribution in [2.45, 2.75) is 32.6 Å². The number of benzene rings is 1. The summed E-state index contributed by atoms with van der Waals surface area (Å²) in [5.74, 6) is -2.05. The summed E-state index contributed by atoms with van der Waals surface area (Å²) >= 11 is 0. The number of carbonyl (C=O) groups is 3. The van der Waals surface area contributed by atoms with E-state index in [0.29, 0.717) is 17.7 Å². The van der Waals surface area contributed by atoms with Crippen LogP contribution in [-0.2, 0) is 27.2 Å². The predicted octanol–water partition coefficient (Wildman–Crippen LogP) is 1.65. The zero-order chi connectivity index (χ0) is 15.1. The second-order valence-corrected chi connectivity index (χ2v) is 4.32. The molecule has 0 aromatic heterocycles. The fourth-order valence-corrected chi connectivity index (χ4v) is 1.70. The van der Waals surface area contributed by atoms with Gasteiger partial charge in [0.15, 0.2) is 0 Å². The van der Waals surface area contributed by atoms with Gasteiger partial charge in [-0.05, 0) is 30.0 Å². The van der Waals surface area contributed by atoms with E-state index in [2.05, 4.69) is 0 Å². The first kappa shape index (κ1) is 15.7. The van der Waals surface area contributed by atoms with Crippen LogP contribution in [0.15, 0.2) is 18.2 Å². The van der Waals surface area contributed by atoms with Gasteiger partial charge in [0, 0.05) is 19.8 Å². The highest BCUT2D eigenvalue weighted by atomic mass is 16.5. The first-order chi connectivity index (χ1) is 9.38. The molecule has 1 aromatic rings. The predicted molar refractivity (Wildman–Crippen MR) is 69.7 cm³/mol. The van der Waals surface area contributed by atoms with Crippen molar-refractivity contribution in [3.8, 4) is 5.75 Å². The van der Waals surface area contributed by atoms with Crippen molar-refractivity contribution in [1.29, 1.82) is 0 Å². The third-order valence-electron chi connectivity index (χ3n) is 2.62. The van der Waals surface area contributed by atoms with Gasteiger partial charge in [0.2, 0.25) is 0 Å². The highest BCUT2D eigenvalue weighted by Gasteiger charge is 2.10. The van der Waals surface area contributed by atoms with Crippen molar-refractivity contribution in [3.05, 3.63) is 29.3 Å². The van der Waals surface area contributed by atoms with Gasteiger partial charge in [-0.1, -0.05) is 12.1 Å². The van der Waals surface area contributed by atoms with E-state index < -0.39 is 17.9 Å². The number of carboxylic acids is 2. The average molecular weight is 280 g/mol. The highest BCUT2D eigenvalue weighted by Crippen LogP contribution is 2.23. The van der Waals surface area contributed by atoms with Crippen LogP contribution in [0.2, 0.25) is 0 Å². The van der Waals surface area contributed by atoms with Gasteiger partial charge in [-0.25, -0.2) is 0 Å². The van der Waals surface area contributed by atoms with Crippen LogP contribution in [0.1, 0.15) is 30.9 Å². The van der Waals surface area contributed by atoms with Crippen LogP contribution in [0.3, 0.4) is 0 Å². The Bertz CT molecular complexity index is 520. The van der Waals surface area contributed by atoms with E-state index in [-0.39, 0.29) is 19.3 Å². The molecule has 1 rings (SSSR count). The second-order valence-electron chi connectivity index (χ2n) is 4.32. The van der Waals surface area contributed by atoms with E-state index in [1.54, 1.807) is 18.2 Å². The monoisotopic (exact) mass is 280 g/mol. The molecule has 0 aliphatic rings. The number of aliphatic carboxylic acids is 2. The summed E-state index contributed by atoms with van der Waals surface area (Å²) in [6.07, 6.45) is 0.483. The molecule has 0 bridgehead atoms. The van der Waals surface area contributed by atoms with Crippen molar-refractivity contribution in [2.75, 3.05) is 0 Å². The Morgan fingerprint density at radius 3 is 2.20 bits per heavy atom. The number of carboxylic acid groups (broad SMARTS) is 2. The van der Waals surface area contributed by atoms with Crippen molar-refractivity contribution < 1.29 is 29.3 Å². The molecule has 0 aliphatic heterocycles. The molecule has 108 valence electrons. The summed E-state index contributed by atoms with van der Waals surface area (Å²) in [6, 6.07) is 4.97. The topological polar surface area (TPSA) is 101 Å². The number of carbonyl (C=O) groups excluding carboxylic acids is 1. The lowest BCUT2D eigenvalue weighted by Crippen LogP contribution is -2.06. The Balaban J connectivity index is 2.90. The molecule has 0 saturated heterocycles. The molecule has 6 heteroatoms. The number of hydrogen-bond donors (Lipinski definition) is 2. The molecular formula is C14H16O6. The molecule has 20 heavy (non-hydrogen) atoms. The van der Waals surface area contributed by atoms with E-state index >= 15 is 0 Å². The van der Waals surface area contributed by atoms with Crippen LogP contribution < -0.4 is 4.74 Å². The number of esters is 1. The van der Waals surface area contributed by atoms with Gasteiger partial charge in [0.1, 0.15) is 5.75 Å². The van der Waals surface area contributed by atoms with Gasteiger partial charge in [-0.2, -0.15) is 0 Å². The lowest BCUT2D eigenvalue weighted by molar-refractivity contribution is -0.138. The quantitative estimate of drug-likeness (QED) is 0.581. The fraction of sp³-hybridized carbons (Fsp3) is 0.357. The van der Waals surface area contributed by atoms with Crippen LogP contribution >= 0.6 is 0 Å². The molecule has 6 nitrogen and oxygen atoms in total. The van der Waals surface area contributed by atoms with Crippen molar-refractivity contribution >= 4 is 17.9 Å². The first-order valence-electron chi connectivity index (χ1n) is 6.12. The second kappa shape index (κ2) is 7.28. The Morgan fingerprint density at radius 2 is 1.65 bits per heavy atom. The van der Waals surface area contributed by atoms with Gasteiger partial charge in [0.25, 0.3) is 0 Å². The number of ether oxygens (including phenoxy) is 1. The summed E-state index contributed by atoms with van der Waals surface area (Å²) in [5.41, 5.74) is 1.34. The Morgan fingerprint density at radius 1 is 1.05 bits per heavy atom. The van der Waals surface area contributed by atoms with Gasteiger partial charge >= 0.3 is 17.9 Å². The summed E-state index contributed by atoms with van der Waals surface area (Å²) in [4.78, 5) is 32.2. The zero-order valence-corrected chi connectivity index (χ0v) is 11.1. The minimum Gasteiger partial charge on any atom is -0.481 e. The molecule has 1 aromatic carbocycles. The molecule has 0 fully saturated rings. The average Bonchev–Trinajstić information content (AvgIpc) is 2.34. The Kier molecular flexibility index (Phi) is 5.71. The number of aryl methyl sites for hydroxylation is 2. The summed E-state index contributed by atoms with van der Waals surface area (Å²) < 4.78 is 5.05. The molecule has 0 radical (unpaired) electrons. The zero-order valence-electron chi connectivity index (χ0n) is 11.1. The van der Waals surface area contributed by atoms with Crippen LogP contribution in [0.4, 0.5) is 0 Å². The molecule has 0 heterocycles. The maximum atomic E-state index is 11.0. The molecule has 0 amide bonds. The molecule has 0 aliphatic carbocycles. The molecule has 0 saturated carbocycles. The highest BCUT2D eigenvalue weighted by molar-refractivity contribution is 5.71. The minimum atomic E-state index is -0.936. The summed E-state index contributed by atoms with van der Waals surface area (Å²) in [6.45, 7) is 1.25. The molecule has 0 atom stereocenters. The smallest absolute Gasteiger partial charge is 0.308 e. The SMILES string of the molecule is CC(=O)Oc1cc(CCC(=O)O)ccc1CCC(=O)O. The fourth-order valence-electron chi connectivity index (χ4n) is 1.70. The van der Waals surface area contributed by atoms with Crippen LogP contribution in [-0.4, -0.2) is 28.1 Å². The maximum absolute atomic E-state index is 11.0. The molecular weight excluding hydrogens is 264 g/mol. The van der Waals surface area contributed by atoms with E-state index in [1.165, 1.54) is 6.92 Å². The van der Waals surface area contributed by atoms with Crippen LogP contribution in [0.5, 0.6) is 5.75 Å². The van der Waals surface area contributed by atoms with Gasteiger partial charge in [-0.3, -0.25) is 14.4 Å². The van der Waals surface area contributed by atoms with Gasteiger partial charge in [-0.15, -0.1) is 0 Å². The largest absolute Gasteiger partial charge is 0.481 e. The maximum Gasteiger partial charge on any atom is 0.308 e. The molecule has 0 spiro atoms. The first-order valence-corrected chi connectivity index (χ1v) is 6.12. The van der Waals surface area contributed by atoms with Crippen molar-refractivity contribution in [3.63, 3.8) is 0 Å². The van der Waals surface area contributed by atoms with E-state index in [1.807, 2.05) is 0 Å². The van der Waals surface area contributed by atoms with Gasteiger partial charge in [0.05, 0.1) is 0 Å². The Labute approximate surface area is 116 Å². The molecule has 2 N–H and O–H groups in total. The summed E-state index contributed by atoms with van der Waals surface area (Å²) in [5, 5.41) is 17.3. The normalized spacial score (nSPS) is 10.1. The third-order valence-corrected chi connectivity index (χ3v) is 2.62. The number of hydrogen-bond acceptors (Lipinski definition) is 4. The molecule has 0 unspecified atom stereocenters. The van der Waals surface area contributed by atoms with E-state index in [4.69, 9.17) is 14.9 Å². The lowest BCUT2D eigenvalue weighted by atomic mass is 10.0. The Hall–Kier alpha value is -2.37. The summed E-state index contributed by atoms with van der Waals surface area (Å²) in [7, 11) is 0. The van der Waals surface area contributed by atoms with Gasteiger partial charge < -0.3 is 14.9 Å². The third kappa shape index (κ3) is 5.51. The standard InChI is InChI=1S/C14H16O6/c1-9(15)20-12-8-10(3-6-13(16)17)2-4-11(12)5-7-14(18)19/h2,4,8H,3,5-7H2,1H3,(H,16,17)(H,18,19). The van der Waals surface area contributed by atoms with E-state index in [9.17, 15) is 14.4 Å². The lowest BCUT2D eigenvalue weighted by Gasteiger charge is -2.10. The van der Waals surface area contributed by atoms with Crippen molar-refractivity contribution in [2.24, 2.45) is 0 Å². The van der Waals surface area contributed by atoms with Crippen molar-refractivity contribution in [1.82, 2.24) is 0 Å².